The van der Waals surface area contributed by atoms with Crippen LogP contribution >= 0.6 is 11.8 Å². The van der Waals surface area contributed by atoms with Gasteiger partial charge in [-0.25, -0.2) is 9.37 Å². The number of hydrogen-bond donors (Lipinski definition) is 1. The van der Waals surface area contributed by atoms with Gasteiger partial charge < -0.3 is 9.52 Å². The van der Waals surface area contributed by atoms with Crippen LogP contribution in [-0.4, -0.2) is 45.7 Å². The molecule has 2 heterocycles. The molecule has 3 rings (SSSR count). The predicted molar refractivity (Wildman–Crippen MR) is 89.7 cm³/mol. The average molecular weight is 336 g/mol. The zero-order chi connectivity index (χ0) is 16.1. The zero-order valence-electron chi connectivity index (χ0n) is 12.9. The molecule has 2 aromatic rings. The van der Waals surface area contributed by atoms with Gasteiger partial charge >= 0.3 is 0 Å². The molecule has 124 valence electrons. The molecule has 1 atom stereocenters. The predicted octanol–water partition coefficient (Wildman–Crippen LogP) is 3.17. The Hall–Kier alpha value is -1.37. The normalized spacial score (nSPS) is 18.5. The first-order valence-electron chi connectivity index (χ1n) is 7.90. The number of halogens is 1. The van der Waals surface area contributed by atoms with Gasteiger partial charge in [0.1, 0.15) is 5.82 Å². The van der Waals surface area contributed by atoms with Crippen molar-refractivity contribution in [3.05, 3.63) is 42.2 Å². The summed E-state index contributed by atoms with van der Waals surface area (Å²) in [7, 11) is 0. The lowest BCUT2D eigenvalue weighted by Gasteiger charge is -2.32. The van der Waals surface area contributed by atoms with Crippen LogP contribution in [0.5, 0.6) is 0 Å². The van der Waals surface area contributed by atoms with Gasteiger partial charge in [-0.15, -0.1) is 0 Å². The Kier molecular flexibility index (Phi) is 5.70. The second-order valence-electron chi connectivity index (χ2n) is 5.66. The Labute approximate surface area is 139 Å². The van der Waals surface area contributed by atoms with Gasteiger partial charge in [-0.2, -0.15) is 11.8 Å². The van der Waals surface area contributed by atoms with Crippen LogP contribution < -0.4 is 0 Å². The number of rotatable bonds is 6. The first-order chi connectivity index (χ1) is 11.3. The van der Waals surface area contributed by atoms with Crippen molar-refractivity contribution in [1.82, 2.24) is 9.88 Å². The molecule has 0 bridgehead atoms. The highest BCUT2D eigenvalue weighted by molar-refractivity contribution is 7.99. The Morgan fingerprint density at radius 1 is 1.39 bits per heavy atom. The molecule has 6 heteroatoms. The molecule has 1 unspecified atom stereocenters. The van der Waals surface area contributed by atoms with Gasteiger partial charge in [-0.1, -0.05) is 12.1 Å². The minimum atomic E-state index is -0.314. The van der Waals surface area contributed by atoms with E-state index in [1.165, 1.54) is 18.2 Å². The largest absolute Gasteiger partial charge is 0.439 e. The van der Waals surface area contributed by atoms with E-state index in [0.29, 0.717) is 36.3 Å². The highest BCUT2D eigenvalue weighted by Crippen LogP contribution is 2.26. The lowest BCUT2D eigenvalue weighted by molar-refractivity contribution is 0.135. The lowest BCUT2D eigenvalue weighted by atomic mass is 10.1. The molecule has 1 saturated heterocycles. The van der Waals surface area contributed by atoms with Gasteiger partial charge in [-0.05, 0) is 30.7 Å². The maximum absolute atomic E-state index is 13.8. The average Bonchev–Trinajstić information content (AvgIpc) is 3.04. The number of thioether (sulfide) groups is 1. The van der Waals surface area contributed by atoms with E-state index >= 15 is 0 Å². The molecule has 1 aliphatic heterocycles. The van der Waals surface area contributed by atoms with Crippen molar-refractivity contribution in [2.75, 3.05) is 24.7 Å². The van der Waals surface area contributed by atoms with E-state index < -0.39 is 0 Å². The van der Waals surface area contributed by atoms with E-state index in [0.717, 1.165) is 12.2 Å². The van der Waals surface area contributed by atoms with Gasteiger partial charge in [0.15, 0.2) is 5.76 Å². The molecule has 1 N–H and O–H groups in total. The molecule has 0 radical (unpaired) electrons. The second-order valence-corrected chi connectivity index (χ2v) is 6.81. The minimum Gasteiger partial charge on any atom is -0.439 e. The molecular weight excluding hydrogens is 315 g/mol. The fourth-order valence-corrected chi connectivity index (χ4v) is 4.06. The monoisotopic (exact) mass is 336 g/mol. The SMILES string of the molecule is OCCN(Cc1ncc(-c2ccccc2F)o1)C1CCCSC1. The second kappa shape index (κ2) is 7.95. The van der Waals surface area contributed by atoms with Crippen molar-refractivity contribution in [3.63, 3.8) is 0 Å². The number of aromatic nitrogens is 1. The summed E-state index contributed by atoms with van der Waals surface area (Å²) in [5.41, 5.74) is 0.424. The van der Waals surface area contributed by atoms with E-state index in [4.69, 9.17) is 4.42 Å². The summed E-state index contributed by atoms with van der Waals surface area (Å²) in [4.78, 5) is 6.50. The van der Waals surface area contributed by atoms with Crippen molar-refractivity contribution in [2.24, 2.45) is 0 Å². The molecular formula is C17H21FN2O2S. The fraction of sp³-hybridized carbons (Fsp3) is 0.471. The molecule has 0 spiro atoms. The van der Waals surface area contributed by atoms with Crippen molar-refractivity contribution < 1.29 is 13.9 Å². The molecule has 0 aliphatic carbocycles. The minimum absolute atomic E-state index is 0.113. The fourth-order valence-electron chi connectivity index (χ4n) is 2.87. The van der Waals surface area contributed by atoms with Gasteiger partial charge in [0.25, 0.3) is 0 Å². The first-order valence-corrected chi connectivity index (χ1v) is 9.05. The summed E-state index contributed by atoms with van der Waals surface area (Å²) in [6.07, 6.45) is 3.90. The molecule has 0 saturated carbocycles. The van der Waals surface area contributed by atoms with E-state index in [1.807, 2.05) is 11.8 Å². The zero-order valence-corrected chi connectivity index (χ0v) is 13.8. The lowest BCUT2D eigenvalue weighted by Crippen LogP contribution is -2.40. The Morgan fingerprint density at radius 2 is 2.26 bits per heavy atom. The van der Waals surface area contributed by atoms with Crippen molar-refractivity contribution >= 4 is 11.8 Å². The highest BCUT2D eigenvalue weighted by Gasteiger charge is 2.23. The van der Waals surface area contributed by atoms with E-state index in [1.54, 1.807) is 24.4 Å². The third-order valence-corrected chi connectivity index (χ3v) is 5.27. The van der Waals surface area contributed by atoms with E-state index in [9.17, 15) is 9.50 Å². The van der Waals surface area contributed by atoms with Gasteiger partial charge in [0.05, 0.1) is 24.9 Å². The number of benzene rings is 1. The Morgan fingerprint density at radius 3 is 3.00 bits per heavy atom. The van der Waals surface area contributed by atoms with Crippen LogP contribution in [0.4, 0.5) is 4.39 Å². The van der Waals surface area contributed by atoms with Gasteiger partial charge in [-0.3, -0.25) is 4.90 Å². The van der Waals surface area contributed by atoms with Gasteiger partial charge in [0.2, 0.25) is 5.89 Å². The van der Waals surface area contributed by atoms with Crippen LogP contribution in [0.1, 0.15) is 18.7 Å². The third kappa shape index (κ3) is 4.13. The number of nitrogens with zero attached hydrogens (tertiary/aromatic N) is 2. The summed E-state index contributed by atoms with van der Waals surface area (Å²) in [6.45, 7) is 1.25. The maximum Gasteiger partial charge on any atom is 0.209 e. The third-order valence-electron chi connectivity index (χ3n) is 4.07. The van der Waals surface area contributed by atoms with Crippen LogP contribution in [0.25, 0.3) is 11.3 Å². The summed E-state index contributed by atoms with van der Waals surface area (Å²) in [6, 6.07) is 6.96. The van der Waals surface area contributed by atoms with E-state index in [2.05, 4.69) is 9.88 Å². The van der Waals surface area contributed by atoms with E-state index in [-0.39, 0.29) is 12.4 Å². The van der Waals surface area contributed by atoms with Crippen molar-refractivity contribution in [3.8, 4) is 11.3 Å². The molecule has 1 fully saturated rings. The van der Waals surface area contributed by atoms with Crippen LogP contribution in [0.15, 0.2) is 34.9 Å². The quantitative estimate of drug-likeness (QED) is 0.878. The molecule has 4 nitrogen and oxygen atoms in total. The van der Waals surface area contributed by atoms with Gasteiger partial charge in [0, 0.05) is 18.3 Å². The molecule has 23 heavy (non-hydrogen) atoms. The van der Waals surface area contributed by atoms with Crippen LogP contribution in [0, 0.1) is 5.82 Å². The summed E-state index contributed by atoms with van der Waals surface area (Å²) in [5.74, 6) is 2.97. The Bertz CT molecular complexity index is 629. The van der Waals surface area contributed by atoms with Crippen LogP contribution in [0.2, 0.25) is 0 Å². The Balaban J connectivity index is 1.72. The van der Waals surface area contributed by atoms with Crippen molar-refractivity contribution in [2.45, 2.75) is 25.4 Å². The van der Waals surface area contributed by atoms with Crippen LogP contribution in [0.3, 0.4) is 0 Å². The summed E-state index contributed by atoms with van der Waals surface area (Å²) in [5, 5.41) is 9.32. The molecule has 1 aliphatic rings. The van der Waals surface area contributed by atoms with Crippen LogP contribution in [-0.2, 0) is 6.54 Å². The standard InChI is InChI=1S/C17H21FN2O2S/c18-15-6-2-1-5-14(15)16-10-19-17(22-16)11-20(7-8-21)13-4-3-9-23-12-13/h1-2,5-6,10,13,21H,3-4,7-9,11-12H2. The molecule has 1 aromatic heterocycles. The first kappa shape index (κ1) is 16.5. The summed E-state index contributed by atoms with van der Waals surface area (Å²) >= 11 is 1.95. The molecule has 0 amide bonds. The molecule has 1 aromatic carbocycles. The van der Waals surface area contributed by atoms with Crippen molar-refractivity contribution in [1.29, 1.82) is 0 Å². The number of aliphatic hydroxyl groups excluding tert-OH is 1. The maximum atomic E-state index is 13.8. The number of oxazole rings is 1. The smallest absolute Gasteiger partial charge is 0.209 e. The topological polar surface area (TPSA) is 49.5 Å². The summed E-state index contributed by atoms with van der Waals surface area (Å²) < 4.78 is 19.6. The number of hydrogen-bond acceptors (Lipinski definition) is 5. The highest BCUT2D eigenvalue weighted by atomic mass is 32.2. The number of aliphatic hydroxyl groups is 1.